The van der Waals surface area contributed by atoms with Crippen molar-refractivity contribution in [3.8, 4) is 16.9 Å². The van der Waals surface area contributed by atoms with E-state index in [0.29, 0.717) is 5.15 Å². The Balaban J connectivity index is 2.19. The summed E-state index contributed by atoms with van der Waals surface area (Å²) in [6.45, 7) is 1.91. The van der Waals surface area contributed by atoms with Crippen LogP contribution >= 0.6 is 11.6 Å². The Bertz CT molecular complexity index is 734. The molecule has 0 radical (unpaired) electrons. The molecule has 0 aliphatic heterocycles. The predicted molar refractivity (Wildman–Crippen MR) is 74.7 cm³/mol. The van der Waals surface area contributed by atoms with Gasteiger partial charge in [0, 0.05) is 11.3 Å². The van der Waals surface area contributed by atoms with Crippen molar-refractivity contribution in [1.82, 2.24) is 14.6 Å². The van der Waals surface area contributed by atoms with E-state index in [9.17, 15) is 0 Å². The Morgan fingerprint density at radius 3 is 2.63 bits per heavy atom. The summed E-state index contributed by atoms with van der Waals surface area (Å²) in [5.74, 6) is 0.822. The summed E-state index contributed by atoms with van der Waals surface area (Å²) < 4.78 is 6.79. The van der Waals surface area contributed by atoms with Crippen molar-refractivity contribution in [3.05, 3.63) is 47.4 Å². The molecular formula is C14H12ClN3O. The van der Waals surface area contributed by atoms with E-state index in [4.69, 9.17) is 16.3 Å². The van der Waals surface area contributed by atoms with Gasteiger partial charge in [-0.05, 0) is 30.7 Å². The van der Waals surface area contributed by atoms with Gasteiger partial charge < -0.3 is 4.74 Å². The van der Waals surface area contributed by atoms with E-state index in [1.54, 1.807) is 23.9 Å². The minimum Gasteiger partial charge on any atom is -0.497 e. The summed E-state index contributed by atoms with van der Waals surface area (Å²) in [5.41, 5.74) is 3.61. The molecule has 0 spiro atoms. The van der Waals surface area contributed by atoms with Crippen molar-refractivity contribution in [2.24, 2.45) is 0 Å². The van der Waals surface area contributed by atoms with E-state index in [2.05, 4.69) is 10.1 Å². The number of aromatic nitrogens is 3. The van der Waals surface area contributed by atoms with Gasteiger partial charge in [0.25, 0.3) is 0 Å². The van der Waals surface area contributed by atoms with Crippen molar-refractivity contribution < 1.29 is 4.74 Å². The molecule has 0 aliphatic rings. The van der Waals surface area contributed by atoms with Gasteiger partial charge in [-0.25, -0.2) is 9.50 Å². The molecule has 3 rings (SSSR count). The molecule has 0 unspecified atom stereocenters. The molecule has 1 aromatic carbocycles. The first-order valence-corrected chi connectivity index (χ1v) is 6.22. The fourth-order valence-corrected chi connectivity index (χ4v) is 2.29. The molecule has 19 heavy (non-hydrogen) atoms. The molecule has 96 valence electrons. The summed E-state index contributed by atoms with van der Waals surface area (Å²) in [6, 6.07) is 9.58. The number of aryl methyl sites for hydroxylation is 1. The highest BCUT2D eigenvalue weighted by atomic mass is 35.5. The first-order valence-electron chi connectivity index (χ1n) is 5.84. The SMILES string of the molecule is COc1ccc(-c2cnn3c(Cl)cc(C)nc23)cc1. The second-order valence-corrected chi connectivity index (χ2v) is 4.63. The molecule has 0 amide bonds. The van der Waals surface area contributed by atoms with Crippen molar-refractivity contribution in [2.75, 3.05) is 7.11 Å². The molecule has 0 bridgehead atoms. The van der Waals surface area contributed by atoms with Crippen molar-refractivity contribution in [1.29, 1.82) is 0 Å². The van der Waals surface area contributed by atoms with Gasteiger partial charge in [-0.3, -0.25) is 0 Å². The minimum absolute atomic E-state index is 0.558. The van der Waals surface area contributed by atoms with Gasteiger partial charge >= 0.3 is 0 Å². The smallest absolute Gasteiger partial charge is 0.164 e. The van der Waals surface area contributed by atoms with Gasteiger partial charge in [-0.2, -0.15) is 5.10 Å². The average Bonchev–Trinajstić information content (AvgIpc) is 2.83. The maximum absolute atomic E-state index is 6.15. The van der Waals surface area contributed by atoms with E-state index in [0.717, 1.165) is 28.2 Å². The largest absolute Gasteiger partial charge is 0.497 e. The van der Waals surface area contributed by atoms with Crippen molar-refractivity contribution >= 4 is 17.2 Å². The second-order valence-electron chi connectivity index (χ2n) is 4.24. The number of methoxy groups -OCH3 is 1. The quantitative estimate of drug-likeness (QED) is 0.672. The fraction of sp³-hybridized carbons (Fsp3) is 0.143. The Morgan fingerprint density at radius 2 is 1.95 bits per heavy atom. The third-order valence-electron chi connectivity index (χ3n) is 2.96. The number of halogens is 1. The average molecular weight is 274 g/mol. The molecular weight excluding hydrogens is 262 g/mol. The summed E-state index contributed by atoms with van der Waals surface area (Å²) in [5, 5.41) is 4.83. The van der Waals surface area contributed by atoms with E-state index < -0.39 is 0 Å². The molecule has 0 fully saturated rings. The second kappa shape index (κ2) is 4.55. The zero-order chi connectivity index (χ0) is 13.4. The maximum atomic E-state index is 6.15. The van der Waals surface area contributed by atoms with Crippen LogP contribution in [0.2, 0.25) is 5.15 Å². The summed E-state index contributed by atoms with van der Waals surface area (Å²) in [4.78, 5) is 4.50. The lowest BCUT2D eigenvalue weighted by molar-refractivity contribution is 0.415. The summed E-state index contributed by atoms with van der Waals surface area (Å²) in [6.07, 6.45) is 1.77. The fourth-order valence-electron chi connectivity index (χ4n) is 2.01. The predicted octanol–water partition coefficient (Wildman–Crippen LogP) is 3.37. The molecule has 0 atom stereocenters. The number of benzene rings is 1. The lowest BCUT2D eigenvalue weighted by Crippen LogP contribution is -1.94. The third kappa shape index (κ3) is 2.04. The summed E-state index contributed by atoms with van der Waals surface area (Å²) >= 11 is 6.15. The molecule has 4 nitrogen and oxygen atoms in total. The zero-order valence-corrected chi connectivity index (χ0v) is 11.3. The van der Waals surface area contributed by atoms with Gasteiger partial charge in [-0.1, -0.05) is 23.7 Å². The lowest BCUT2D eigenvalue weighted by Gasteiger charge is -2.03. The van der Waals surface area contributed by atoms with E-state index >= 15 is 0 Å². The number of fused-ring (bicyclic) bond motifs is 1. The molecule has 0 saturated heterocycles. The van der Waals surface area contributed by atoms with Crippen LogP contribution in [-0.2, 0) is 0 Å². The number of nitrogens with zero attached hydrogens (tertiary/aromatic N) is 3. The highest BCUT2D eigenvalue weighted by molar-refractivity contribution is 6.29. The van der Waals surface area contributed by atoms with Gasteiger partial charge in [-0.15, -0.1) is 0 Å². The highest BCUT2D eigenvalue weighted by Gasteiger charge is 2.10. The van der Waals surface area contributed by atoms with Crippen molar-refractivity contribution in [3.63, 3.8) is 0 Å². The van der Waals surface area contributed by atoms with Crippen LogP contribution in [0.15, 0.2) is 36.5 Å². The molecule has 0 saturated carbocycles. The molecule has 5 heteroatoms. The van der Waals surface area contributed by atoms with Crippen LogP contribution in [0.5, 0.6) is 5.75 Å². The van der Waals surface area contributed by atoms with Crippen LogP contribution in [0.3, 0.4) is 0 Å². The molecule has 3 aromatic rings. The number of hydrogen-bond donors (Lipinski definition) is 0. The van der Waals surface area contributed by atoms with Gasteiger partial charge in [0.15, 0.2) is 5.65 Å². The first-order chi connectivity index (χ1) is 9.19. The number of hydrogen-bond acceptors (Lipinski definition) is 3. The van der Waals surface area contributed by atoms with E-state index in [-0.39, 0.29) is 0 Å². The van der Waals surface area contributed by atoms with Crippen LogP contribution in [0.1, 0.15) is 5.69 Å². The van der Waals surface area contributed by atoms with E-state index in [1.165, 1.54) is 0 Å². The van der Waals surface area contributed by atoms with Crippen LogP contribution in [0.25, 0.3) is 16.8 Å². The Labute approximate surface area is 115 Å². The zero-order valence-electron chi connectivity index (χ0n) is 10.6. The van der Waals surface area contributed by atoms with Gasteiger partial charge in [0.05, 0.1) is 13.3 Å². The molecule has 2 heterocycles. The first kappa shape index (κ1) is 12.0. The standard InChI is InChI=1S/C14H12ClN3O/c1-9-7-13(15)18-14(17-9)12(8-16-18)10-3-5-11(19-2)6-4-10/h3-8H,1-2H3. The number of rotatable bonds is 2. The summed E-state index contributed by atoms with van der Waals surface area (Å²) in [7, 11) is 1.65. The highest BCUT2D eigenvalue weighted by Crippen LogP contribution is 2.27. The monoisotopic (exact) mass is 273 g/mol. The van der Waals surface area contributed by atoms with Crippen molar-refractivity contribution in [2.45, 2.75) is 6.92 Å². The van der Waals surface area contributed by atoms with Gasteiger partial charge in [0.1, 0.15) is 10.9 Å². The molecule has 0 N–H and O–H groups in total. The van der Waals surface area contributed by atoms with Gasteiger partial charge in [0.2, 0.25) is 0 Å². The van der Waals surface area contributed by atoms with Crippen LogP contribution in [0.4, 0.5) is 0 Å². The van der Waals surface area contributed by atoms with Crippen LogP contribution in [-0.4, -0.2) is 21.7 Å². The Kier molecular flexibility index (Phi) is 2.87. The normalized spacial score (nSPS) is 10.9. The molecule has 2 aromatic heterocycles. The number of ether oxygens (including phenoxy) is 1. The maximum Gasteiger partial charge on any atom is 0.164 e. The van der Waals surface area contributed by atoms with E-state index in [1.807, 2.05) is 31.2 Å². The third-order valence-corrected chi connectivity index (χ3v) is 3.23. The van der Waals surface area contributed by atoms with Crippen LogP contribution < -0.4 is 4.74 Å². The lowest BCUT2D eigenvalue weighted by atomic mass is 10.1. The Hall–Kier alpha value is -2.07. The minimum atomic E-state index is 0.558. The topological polar surface area (TPSA) is 39.4 Å². The molecule has 0 aliphatic carbocycles. The van der Waals surface area contributed by atoms with Crippen LogP contribution in [0, 0.1) is 6.92 Å². The Morgan fingerprint density at radius 1 is 1.21 bits per heavy atom.